The van der Waals surface area contributed by atoms with Gasteiger partial charge in [-0.2, -0.15) is 0 Å². The minimum absolute atomic E-state index is 0.0755. The van der Waals surface area contributed by atoms with Crippen molar-refractivity contribution in [3.63, 3.8) is 0 Å². The smallest absolute Gasteiger partial charge is 0.407 e. The fourth-order valence-electron chi connectivity index (χ4n) is 3.60. The molecule has 0 bridgehead atoms. The maximum Gasteiger partial charge on any atom is 0.407 e. The van der Waals surface area contributed by atoms with Crippen LogP contribution in [-0.2, 0) is 14.3 Å². The third kappa shape index (κ3) is 4.96. The molecule has 30 heavy (non-hydrogen) atoms. The molecule has 158 valence electrons. The number of alkyl carbamates (subject to hydrolysis) is 1. The molecule has 2 aromatic carbocycles. The Morgan fingerprint density at radius 3 is 2.13 bits per heavy atom. The van der Waals surface area contributed by atoms with Gasteiger partial charge in [0.05, 0.1) is 0 Å². The zero-order chi connectivity index (χ0) is 21.7. The van der Waals surface area contributed by atoms with E-state index >= 15 is 0 Å². The topological polar surface area (TPSA) is 108 Å². The predicted molar refractivity (Wildman–Crippen MR) is 111 cm³/mol. The van der Waals surface area contributed by atoms with E-state index in [2.05, 4.69) is 10.6 Å². The van der Waals surface area contributed by atoms with E-state index in [9.17, 15) is 14.4 Å². The number of aliphatic carboxylic acids is 1. The summed E-state index contributed by atoms with van der Waals surface area (Å²) in [5, 5.41) is 13.9. The first-order valence-electron chi connectivity index (χ1n) is 9.62. The van der Waals surface area contributed by atoms with Gasteiger partial charge in [-0.25, -0.2) is 9.59 Å². The molecule has 3 rings (SSSR count). The summed E-state index contributed by atoms with van der Waals surface area (Å²) < 4.78 is 5.35. The molecule has 0 saturated carbocycles. The number of amides is 2. The fraction of sp³-hybridized carbons (Fsp3) is 0.318. The summed E-state index contributed by atoms with van der Waals surface area (Å²) in [6.45, 7) is -0.0836. The second-order valence-electron chi connectivity index (χ2n) is 7.40. The van der Waals surface area contributed by atoms with E-state index in [0.717, 1.165) is 22.3 Å². The Hall–Kier alpha value is -3.39. The van der Waals surface area contributed by atoms with Gasteiger partial charge in [0.25, 0.3) is 0 Å². The molecule has 0 aromatic heterocycles. The summed E-state index contributed by atoms with van der Waals surface area (Å²) in [6, 6.07) is 14.9. The highest BCUT2D eigenvalue weighted by Crippen LogP contribution is 2.44. The van der Waals surface area contributed by atoms with E-state index in [0.29, 0.717) is 0 Å². The van der Waals surface area contributed by atoms with Crippen molar-refractivity contribution in [1.82, 2.24) is 15.5 Å². The molecule has 0 saturated heterocycles. The average Bonchev–Trinajstić information content (AvgIpc) is 3.04. The number of ether oxygens (including phenoxy) is 1. The summed E-state index contributed by atoms with van der Waals surface area (Å²) in [5.41, 5.74) is 4.44. The molecule has 1 atom stereocenters. The zero-order valence-electron chi connectivity index (χ0n) is 16.9. The molecule has 2 aromatic rings. The minimum Gasteiger partial charge on any atom is -0.480 e. The van der Waals surface area contributed by atoms with Crippen molar-refractivity contribution in [2.75, 3.05) is 33.8 Å². The Morgan fingerprint density at radius 1 is 1.03 bits per heavy atom. The molecule has 1 aliphatic carbocycles. The van der Waals surface area contributed by atoms with Gasteiger partial charge in [-0.15, -0.1) is 0 Å². The van der Waals surface area contributed by atoms with Crippen LogP contribution in [0.3, 0.4) is 0 Å². The van der Waals surface area contributed by atoms with Crippen LogP contribution in [0.2, 0.25) is 0 Å². The van der Waals surface area contributed by atoms with Crippen LogP contribution in [0.15, 0.2) is 48.5 Å². The minimum atomic E-state index is -1.14. The summed E-state index contributed by atoms with van der Waals surface area (Å²) in [7, 11) is 3.41. The lowest BCUT2D eigenvalue weighted by Gasteiger charge is -2.19. The molecule has 0 fully saturated rings. The quantitative estimate of drug-likeness (QED) is 0.610. The third-order valence-electron chi connectivity index (χ3n) is 4.92. The number of hydrogen-bond donors (Lipinski definition) is 3. The van der Waals surface area contributed by atoms with Crippen LogP contribution in [0, 0.1) is 0 Å². The number of carboxylic acid groups (broad SMARTS) is 1. The normalized spacial score (nSPS) is 13.3. The molecule has 1 aliphatic rings. The van der Waals surface area contributed by atoms with Crippen molar-refractivity contribution in [1.29, 1.82) is 0 Å². The monoisotopic (exact) mass is 411 g/mol. The first-order valence-corrected chi connectivity index (χ1v) is 9.62. The highest BCUT2D eigenvalue weighted by Gasteiger charge is 2.29. The number of rotatable bonds is 8. The second kappa shape index (κ2) is 9.41. The number of fused-ring (bicyclic) bond motifs is 3. The fourth-order valence-corrected chi connectivity index (χ4v) is 3.60. The molecule has 8 heteroatoms. The van der Waals surface area contributed by atoms with Crippen molar-refractivity contribution in [3.8, 4) is 11.1 Å². The van der Waals surface area contributed by atoms with Crippen LogP contribution in [0.4, 0.5) is 4.79 Å². The lowest BCUT2D eigenvalue weighted by Crippen LogP contribution is -2.49. The van der Waals surface area contributed by atoms with E-state index in [-0.39, 0.29) is 25.6 Å². The van der Waals surface area contributed by atoms with Crippen molar-refractivity contribution < 1.29 is 24.2 Å². The number of carbonyl (C=O) groups is 3. The summed E-state index contributed by atoms with van der Waals surface area (Å²) in [6.07, 6.45) is -0.730. The third-order valence-corrected chi connectivity index (χ3v) is 4.92. The molecule has 0 radical (unpaired) electrons. The van der Waals surface area contributed by atoms with Gasteiger partial charge >= 0.3 is 12.1 Å². The van der Waals surface area contributed by atoms with Crippen LogP contribution in [0.25, 0.3) is 11.1 Å². The molecule has 0 unspecified atom stereocenters. The van der Waals surface area contributed by atoms with Crippen molar-refractivity contribution in [3.05, 3.63) is 59.7 Å². The molecule has 3 N–H and O–H groups in total. The molecule has 8 nitrogen and oxygen atoms in total. The van der Waals surface area contributed by atoms with Crippen LogP contribution < -0.4 is 10.6 Å². The molecule has 2 amide bonds. The first-order chi connectivity index (χ1) is 14.4. The predicted octanol–water partition coefficient (Wildman–Crippen LogP) is 1.66. The molecule has 0 spiro atoms. The number of nitrogens with zero attached hydrogens (tertiary/aromatic N) is 1. The van der Waals surface area contributed by atoms with Gasteiger partial charge in [0.2, 0.25) is 5.91 Å². The van der Waals surface area contributed by atoms with Crippen molar-refractivity contribution in [2.24, 2.45) is 0 Å². The maximum absolute atomic E-state index is 12.1. The van der Waals surface area contributed by atoms with Gasteiger partial charge in [-0.1, -0.05) is 48.5 Å². The number of likely N-dealkylation sites (N-methyl/N-ethyl adjacent to an activating group) is 1. The van der Waals surface area contributed by atoms with E-state index in [1.165, 1.54) is 0 Å². The molecule has 0 heterocycles. The largest absolute Gasteiger partial charge is 0.480 e. The summed E-state index contributed by atoms with van der Waals surface area (Å²) in [5.74, 6) is -1.82. The van der Waals surface area contributed by atoms with Crippen LogP contribution in [-0.4, -0.2) is 67.8 Å². The van der Waals surface area contributed by atoms with E-state index in [1.807, 2.05) is 48.5 Å². The first kappa shape index (κ1) is 21.3. The molecule has 0 aliphatic heterocycles. The highest BCUT2D eigenvalue weighted by atomic mass is 16.5. The zero-order valence-corrected chi connectivity index (χ0v) is 16.9. The van der Waals surface area contributed by atoms with Crippen LogP contribution in [0.1, 0.15) is 17.0 Å². The van der Waals surface area contributed by atoms with Gasteiger partial charge < -0.3 is 25.4 Å². The van der Waals surface area contributed by atoms with Gasteiger partial charge in [0.15, 0.2) is 0 Å². The number of benzene rings is 2. The molecular weight excluding hydrogens is 386 g/mol. The van der Waals surface area contributed by atoms with Crippen LogP contribution in [0.5, 0.6) is 0 Å². The SMILES string of the molecule is CN(C)C[C@H](NC(=O)CNC(=O)OCC1c2ccccc2-c2ccccc21)C(=O)O. The number of nitrogens with one attached hydrogen (secondary N) is 2. The standard InChI is InChI=1S/C22H25N3O5/c1-25(2)12-19(21(27)28)24-20(26)11-23-22(29)30-13-18-16-9-5-3-7-14(16)15-8-4-6-10-17(15)18/h3-10,18-19H,11-13H2,1-2H3,(H,23,29)(H,24,26)(H,27,28)/t19-/m0/s1. The Bertz CT molecular complexity index is 898. The van der Waals surface area contributed by atoms with Gasteiger partial charge in [-0.05, 0) is 36.3 Å². The van der Waals surface area contributed by atoms with E-state index < -0.39 is 24.0 Å². The molecular formula is C22H25N3O5. The van der Waals surface area contributed by atoms with Crippen molar-refractivity contribution in [2.45, 2.75) is 12.0 Å². The summed E-state index contributed by atoms with van der Waals surface area (Å²) >= 11 is 0. The van der Waals surface area contributed by atoms with Gasteiger partial charge in [0, 0.05) is 12.5 Å². The number of carboxylic acids is 1. The summed E-state index contributed by atoms with van der Waals surface area (Å²) in [4.78, 5) is 36.9. The van der Waals surface area contributed by atoms with Gasteiger partial charge in [-0.3, -0.25) is 4.79 Å². The van der Waals surface area contributed by atoms with E-state index in [1.54, 1.807) is 19.0 Å². The lowest BCUT2D eigenvalue weighted by molar-refractivity contribution is -0.142. The van der Waals surface area contributed by atoms with Gasteiger partial charge in [0.1, 0.15) is 19.2 Å². The second-order valence-corrected chi connectivity index (χ2v) is 7.40. The maximum atomic E-state index is 12.1. The average molecular weight is 411 g/mol. The lowest BCUT2D eigenvalue weighted by atomic mass is 9.98. The number of hydrogen-bond acceptors (Lipinski definition) is 5. The Balaban J connectivity index is 1.53. The highest BCUT2D eigenvalue weighted by molar-refractivity contribution is 5.86. The Morgan fingerprint density at radius 2 is 1.60 bits per heavy atom. The number of carbonyl (C=O) groups excluding carboxylic acids is 2. The van der Waals surface area contributed by atoms with Crippen molar-refractivity contribution >= 4 is 18.0 Å². The Labute approximate surface area is 174 Å². The van der Waals surface area contributed by atoms with E-state index in [4.69, 9.17) is 9.84 Å². The Kier molecular flexibility index (Phi) is 6.68. The van der Waals surface area contributed by atoms with Crippen LogP contribution >= 0.6 is 0 Å².